The van der Waals surface area contributed by atoms with Gasteiger partial charge < -0.3 is 34.3 Å². The number of aryl methyl sites for hydroxylation is 2. The molecule has 3 aliphatic rings. The Morgan fingerprint density at radius 3 is 2.59 bits per heavy atom. The van der Waals surface area contributed by atoms with Gasteiger partial charge in [0.2, 0.25) is 0 Å². The number of amides is 1. The number of anilines is 4. The molecule has 7 rings (SSSR count). The summed E-state index contributed by atoms with van der Waals surface area (Å²) in [6, 6.07) is 10.2. The maximum Gasteiger partial charge on any atom is 0.274 e. The molecule has 0 bridgehead atoms. The van der Waals surface area contributed by atoms with Crippen LogP contribution in [0.15, 0.2) is 53.6 Å². The van der Waals surface area contributed by atoms with Crippen molar-refractivity contribution in [2.45, 2.75) is 45.3 Å². The van der Waals surface area contributed by atoms with Crippen molar-refractivity contribution in [3.8, 4) is 11.1 Å². The summed E-state index contributed by atoms with van der Waals surface area (Å²) in [5.74, 6) is -0.219. The van der Waals surface area contributed by atoms with Crippen molar-refractivity contribution >= 4 is 28.8 Å². The maximum absolute atomic E-state index is 15.3. The molecule has 5 heterocycles. The number of nitrogens with zero attached hydrogens (tertiary/aromatic N) is 6. The molecule has 0 unspecified atom stereocenters. The van der Waals surface area contributed by atoms with Crippen LogP contribution < -0.4 is 20.7 Å². The van der Waals surface area contributed by atoms with Crippen LogP contribution in [0, 0.1) is 5.82 Å². The quantitative estimate of drug-likeness (QED) is 0.330. The van der Waals surface area contributed by atoms with Gasteiger partial charge >= 0.3 is 0 Å². The summed E-state index contributed by atoms with van der Waals surface area (Å²) in [4.78, 5) is 37.8. The van der Waals surface area contributed by atoms with E-state index in [2.05, 4.69) is 31.7 Å². The van der Waals surface area contributed by atoms with Crippen molar-refractivity contribution in [2.24, 2.45) is 7.05 Å². The minimum Gasteiger partial charge on any atom is -0.392 e. The third-order valence-corrected chi connectivity index (χ3v) is 9.65. The Hall–Kier alpha value is -4.48. The molecule has 1 fully saturated rings. The first-order valence-electron chi connectivity index (χ1n) is 16.1. The van der Waals surface area contributed by atoms with Gasteiger partial charge in [0.1, 0.15) is 23.0 Å². The van der Waals surface area contributed by atoms with E-state index < -0.39 is 12.4 Å². The van der Waals surface area contributed by atoms with Gasteiger partial charge in [0.25, 0.3) is 11.5 Å². The molecule has 46 heavy (non-hydrogen) atoms. The Morgan fingerprint density at radius 1 is 0.935 bits per heavy atom. The predicted molar refractivity (Wildman–Crippen MR) is 178 cm³/mol. The van der Waals surface area contributed by atoms with E-state index in [1.54, 1.807) is 24.2 Å². The van der Waals surface area contributed by atoms with Crippen LogP contribution in [0.5, 0.6) is 0 Å². The fourth-order valence-corrected chi connectivity index (χ4v) is 7.19. The van der Waals surface area contributed by atoms with Gasteiger partial charge in [-0.3, -0.25) is 9.59 Å². The molecule has 1 saturated heterocycles. The Labute approximate surface area is 267 Å². The van der Waals surface area contributed by atoms with Gasteiger partial charge in [0, 0.05) is 62.8 Å². The van der Waals surface area contributed by atoms with Crippen molar-refractivity contribution in [1.29, 1.82) is 0 Å². The van der Waals surface area contributed by atoms with Crippen molar-refractivity contribution in [3.63, 3.8) is 0 Å². The van der Waals surface area contributed by atoms with Crippen LogP contribution in [-0.2, 0) is 33.0 Å². The van der Waals surface area contributed by atoms with Crippen LogP contribution in [0.1, 0.15) is 46.6 Å². The highest BCUT2D eigenvalue weighted by Crippen LogP contribution is 2.37. The summed E-state index contributed by atoms with van der Waals surface area (Å²) in [6.45, 7) is 4.52. The lowest BCUT2D eigenvalue weighted by Gasteiger charge is -2.31. The number of benzene rings is 1. The van der Waals surface area contributed by atoms with E-state index in [0.29, 0.717) is 47.0 Å². The Morgan fingerprint density at radius 2 is 1.78 bits per heavy atom. The topological polar surface area (TPSA) is 98.9 Å². The Kier molecular flexibility index (Phi) is 8.12. The van der Waals surface area contributed by atoms with Crippen LogP contribution in [-0.4, -0.2) is 69.8 Å². The van der Waals surface area contributed by atoms with E-state index in [4.69, 9.17) is 0 Å². The molecule has 0 atom stereocenters. The first-order valence-corrected chi connectivity index (χ1v) is 16.1. The second kappa shape index (κ2) is 12.4. The molecule has 11 heteroatoms. The fraction of sp³-hybridized carbons (Fsp3) is 0.400. The summed E-state index contributed by atoms with van der Waals surface area (Å²) in [5.41, 5.74) is 5.81. The minimum atomic E-state index is -0.532. The van der Waals surface area contributed by atoms with E-state index in [1.807, 2.05) is 24.4 Å². The van der Waals surface area contributed by atoms with E-state index in [1.165, 1.54) is 28.0 Å². The number of pyridine rings is 2. The van der Waals surface area contributed by atoms with E-state index in [9.17, 15) is 14.7 Å². The van der Waals surface area contributed by atoms with Gasteiger partial charge in [0.15, 0.2) is 0 Å². The summed E-state index contributed by atoms with van der Waals surface area (Å²) in [6.07, 6.45) is 8.68. The first kappa shape index (κ1) is 30.2. The lowest BCUT2D eigenvalue weighted by molar-refractivity contribution is 0.0964. The number of likely N-dealkylation sites (N-methyl/N-ethyl adjacent to an activating group) is 1. The van der Waals surface area contributed by atoms with Crippen molar-refractivity contribution in [1.82, 2.24) is 19.0 Å². The largest absolute Gasteiger partial charge is 0.392 e. The number of aliphatic hydroxyl groups is 1. The number of rotatable bonds is 6. The number of fused-ring (bicyclic) bond motifs is 3. The zero-order chi connectivity index (χ0) is 31.9. The van der Waals surface area contributed by atoms with Gasteiger partial charge in [-0.25, -0.2) is 9.37 Å². The van der Waals surface area contributed by atoms with Crippen LogP contribution in [0.4, 0.5) is 27.3 Å². The highest BCUT2D eigenvalue weighted by atomic mass is 19.1. The minimum absolute atomic E-state index is 0.198. The van der Waals surface area contributed by atoms with Gasteiger partial charge in [-0.2, -0.15) is 0 Å². The number of aliphatic hydroxyl groups excluding tert-OH is 1. The van der Waals surface area contributed by atoms with Crippen molar-refractivity contribution in [2.75, 3.05) is 54.9 Å². The molecule has 2 N–H and O–H groups in total. The second-order valence-corrected chi connectivity index (χ2v) is 12.7. The third-order valence-electron chi connectivity index (χ3n) is 9.65. The highest BCUT2D eigenvalue weighted by Gasteiger charge is 2.32. The van der Waals surface area contributed by atoms with Crippen molar-refractivity contribution in [3.05, 3.63) is 87.5 Å². The standard InChI is InChI=1S/C35H40FN7O3/c1-39-10-5-11-41(13-12-39)26-8-9-33(37-20-26)38-29-16-24(21-40(2)34(29)45)27-18-25(36)19-31(28(27)22-44)43-15-14-42-30-7-4-3-6-23(30)17-32(42)35(43)46/h8-9,16-21,44H,3-7,10-15,22H2,1-2H3,(H,37,38). The molecule has 240 valence electrons. The summed E-state index contributed by atoms with van der Waals surface area (Å²) >= 11 is 0. The van der Waals surface area contributed by atoms with Gasteiger partial charge in [-0.05, 0) is 93.2 Å². The molecule has 1 aromatic carbocycles. The molecule has 1 amide bonds. The number of nitrogens with one attached hydrogen (secondary N) is 1. The predicted octanol–water partition coefficient (Wildman–Crippen LogP) is 4.30. The molecule has 1 aliphatic carbocycles. The fourth-order valence-electron chi connectivity index (χ4n) is 7.19. The lowest BCUT2D eigenvalue weighted by Crippen LogP contribution is -2.41. The monoisotopic (exact) mass is 625 g/mol. The number of halogens is 1. The summed E-state index contributed by atoms with van der Waals surface area (Å²) < 4.78 is 18.9. The average Bonchev–Trinajstić information content (AvgIpc) is 3.31. The van der Waals surface area contributed by atoms with Gasteiger partial charge in [-0.1, -0.05) is 0 Å². The SMILES string of the molecule is CN1CCCN(c2ccc(Nc3cc(-c4cc(F)cc(N5CCn6c(cc7c6CCCC7)C5=O)c4CO)cn(C)c3=O)nc2)CC1. The normalized spacial score (nSPS) is 17.1. The molecule has 4 aromatic rings. The molecular formula is C35H40FN7O3. The number of hydrogen-bond acceptors (Lipinski definition) is 7. The van der Waals surface area contributed by atoms with Gasteiger partial charge in [-0.15, -0.1) is 0 Å². The Balaban J connectivity index is 1.19. The number of aromatic nitrogens is 3. The number of hydrogen-bond donors (Lipinski definition) is 2. The van der Waals surface area contributed by atoms with Crippen molar-refractivity contribution < 1.29 is 14.3 Å². The van der Waals surface area contributed by atoms with E-state index in [0.717, 1.165) is 64.0 Å². The molecule has 10 nitrogen and oxygen atoms in total. The third kappa shape index (κ3) is 5.58. The van der Waals surface area contributed by atoms with E-state index in [-0.39, 0.29) is 17.2 Å². The highest BCUT2D eigenvalue weighted by molar-refractivity contribution is 6.07. The maximum atomic E-state index is 15.3. The first-order chi connectivity index (χ1) is 22.3. The summed E-state index contributed by atoms with van der Waals surface area (Å²) in [7, 11) is 3.77. The van der Waals surface area contributed by atoms with Crippen LogP contribution in [0.25, 0.3) is 11.1 Å². The zero-order valence-corrected chi connectivity index (χ0v) is 26.4. The van der Waals surface area contributed by atoms with Gasteiger partial charge in [0.05, 0.1) is 24.2 Å². The molecule has 0 radical (unpaired) electrons. The molecule has 3 aromatic heterocycles. The van der Waals surface area contributed by atoms with Crippen LogP contribution >= 0.6 is 0 Å². The molecule has 0 spiro atoms. The van der Waals surface area contributed by atoms with Crippen LogP contribution in [0.3, 0.4) is 0 Å². The zero-order valence-electron chi connectivity index (χ0n) is 26.4. The lowest BCUT2D eigenvalue weighted by atomic mass is 9.97. The Bertz CT molecular complexity index is 1850. The van der Waals surface area contributed by atoms with E-state index >= 15 is 4.39 Å². The average molecular weight is 626 g/mol. The second-order valence-electron chi connectivity index (χ2n) is 12.7. The smallest absolute Gasteiger partial charge is 0.274 e. The number of carbonyl (C=O) groups excluding carboxylic acids is 1. The van der Waals surface area contributed by atoms with Crippen LogP contribution in [0.2, 0.25) is 0 Å². The summed E-state index contributed by atoms with van der Waals surface area (Å²) in [5, 5.41) is 13.8. The molecule has 0 saturated carbocycles. The number of carbonyl (C=O) groups is 1. The molecular weight excluding hydrogens is 585 g/mol. The molecule has 2 aliphatic heterocycles.